The van der Waals surface area contributed by atoms with Gasteiger partial charge in [0.05, 0.1) is 22.6 Å². The molecule has 12 heteroatoms. The van der Waals surface area contributed by atoms with Gasteiger partial charge < -0.3 is 10.4 Å². The van der Waals surface area contributed by atoms with Gasteiger partial charge in [-0.15, -0.1) is 0 Å². The number of hydrogen-bond donors (Lipinski definition) is 2. The van der Waals surface area contributed by atoms with Crippen LogP contribution in [0, 0.1) is 0 Å². The SMILES string of the molecule is O=Cc1cc(-c2ccc(S(=O)(=O)N3CC[C@@H](Nc4ccc(C(F)(F)F)cn4)[C@@H](O)C3)cc2)ccn1. The summed E-state index contributed by atoms with van der Waals surface area (Å²) < 4.78 is 65.5. The van der Waals surface area contributed by atoms with E-state index in [1.165, 1.54) is 28.7 Å². The van der Waals surface area contributed by atoms with Crippen LogP contribution in [0.3, 0.4) is 0 Å². The zero-order valence-electron chi connectivity index (χ0n) is 18.2. The first-order valence-corrected chi connectivity index (χ1v) is 12.0. The Balaban J connectivity index is 1.42. The number of halogens is 3. The predicted octanol–water partition coefficient (Wildman–Crippen LogP) is 3.21. The van der Waals surface area contributed by atoms with Crippen molar-refractivity contribution in [1.29, 1.82) is 0 Å². The van der Waals surface area contributed by atoms with Crippen molar-refractivity contribution in [3.05, 3.63) is 72.2 Å². The van der Waals surface area contributed by atoms with E-state index in [9.17, 15) is 31.5 Å². The molecule has 0 saturated carbocycles. The van der Waals surface area contributed by atoms with Crippen LogP contribution < -0.4 is 5.32 Å². The Bertz CT molecular complexity index is 1300. The first kappa shape index (κ1) is 24.8. The van der Waals surface area contributed by atoms with Crippen LogP contribution in [0.25, 0.3) is 11.1 Å². The molecule has 184 valence electrons. The molecule has 0 amide bonds. The van der Waals surface area contributed by atoms with Crippen LogP contribution in [0.1, 0.15) is 22.5 Å². The molecular weight excluding hydrogens is 485 g/mol. The molecule has 1 saturated heterocycles. The summed E-state index contributed by atoms with van der Waals surface area (Å²) in [6.07, 6.45) is -2.56. The standard InChI is InChI=1S/C23H21F3N4O4S/c24-23(25,26)17-3-6-22(28-12-17)29-20-8-10-30(13-21(20)32)35(33,34)19-4-1-15(2-5-19)16-7-9-27-18(11-16)14-31/h1-7,9,11-12,14,20-21,32H,8,10,13H2,(H,28,29)/t20-,21+/m1/s1. The van der Waals surface area contributed by atoms with E-state index in [1.807, 2.05) is 0 Å². The number of benzene rings is 1. The van der Waals surface area contributed by atoms with Crippen molar-refractivity contribution in [2.45, 2.75) is 29.6 Å². The number of aromatic nitrogens is 2. The maximum Gasteiger partial charge on any atom is 0.417 e. The summed E-state index contributed by atoms with van der Waals surface area (Å²) in [7, 11) is -3.89. The molecule has 0 spiro atoms. The number of aliphatic hydroxyl groups excluding tert-OH is 1. The van der Waals surface area contributed by atoms with E-state index in [1.54, 1.807) is 24.3 Å². The minimum absolute atomic E-state index is 0.0499. The van der Waals surface area contributed by atoms with Crippen LogP contribution in [0.4, 0.5) is 19.0 Å². The van der Waals surface area contributed by atoms with Gasteiger partial charge in [-0.2, -0.15) is 17.5 Å². The Labute approximate surface area is 199 Å². The third-order valence-corrected chi connectivity index (χ3v) is 7.58. The third-order valence-electron chi connectivity index (χ3n) is 5.70. The monoisotopic (exact) mass is 506 g/mol. The molecule has 1 aromatic carbocycles. The molecule has 0 aliphatic carbocycles. The van der Waals surface area contributed by atoms with Crippen LogP contribution in [0.2, 0.25) is 0 Å². The number of pyridine rings is 2. The summed E-state index contributed by atoms with van der Waals surface area (Å²) in [4.78, 5) is 18.6. The molecule has 3 aromatic rings. The van der Waals surface area contributed by atoms with Crippen LogP contribution in [0.5, 0.6) is 0 Å². The molecule has 35 heavy (non-hydrogen) atoms. The van der Waals surface area contributed by atoms with Gasteiger partial charge in [-0.3, -0.25) is 9.78 Å². The number of carbonyl (C=O) groups is 1. The van der Waals surface area contributed by atoms with Crippen LogP contribution in [-0.4, -0.2) is 59.3 Å². The quantitative estimate of drug-likeness (QED) is 0.494. The van der Waals surface area contributed by atoms with E-state index in [0.29, 0.717) is 23.6 Å². The molecule has 1 aliphatic heterocycles. The molecule has 1 aliphatic rings. The summed E-state index contributed by atoms with van der Waals surface area (Å²) in [6, 6.07) is 10.9. The number of carbonyl (C=O) groups excluding carboxylic acids is 1. The number of sulfonamides is 1. The van der Waals surface area contributed by atoms with Crippen LogP contribution >= 0.6 is 0 Å². The number of anilines is 1. The number of aldehydes is 1. The van der Waals surface area contributed by atoms with E-state index in [4.69, 9.17) is 0 Å². The number of piperidine rings is 1. The highest BCUT2D eigenvalue weighted by Crippen LogP contribution is 2.30. The number of hydrogen-bond acceptors (Lipinski definition) is 7. The minimum Gasteiger partial charge on any atom is -0.390 e. The molecule has 2 atom stereocenters. The lowest BCUT2D eigenvalue weighted by Crippen LogP contribution is -2.51. The van der Waals surface area contributed by atoms with E-state index >= 15 is 0 Å². The predicted molar refractivity (Wildman–Crippen MR) is 121 cm³/mol. The van der Waals surface area contributed by atoms with E-state index in [2.05, 4.69) is 15.3 Å². The summed E-state index contributed by atoms with van der Waals surface area (Å²) >= 11 is 0. The fraction of sp³-hybridized carbons (Fsp3) is 0.261. The molecule has 0 unspecified atom stereocenters. The van der Waals surface area contributed by atoms with Gasteiger partial charge in [0.1, 0.15) is 11.5 Å². The van der Waals surface area contributed by atoms with Crippen LogP contribution in [0.15, 0.2) is 65.8 Å². The number of nitrogens with one attached hydrogen (secondary N) is 1. The lowest BCUT2D eigenvalue weighted by molar-refractivity contribution is -0.137. The Kier molecular flexibility index (Phi) is 6.88. The molecule has 2 N–H and O–H groups in total. The van der Waals surface area contributed by atoms with Crippen molar-refractivity contribution in [1.82, 2.24) is 14.3 Å². The molecular formula is C23H21F3N4O4S. The smallest absolute Gasteiger partial charge is 0.390 e. The fourth-order valence-corrected chi connectivity index (χ4v) is 5.26. The summed E-state index contributed by atoms with van der Waals surface area (Å²) in [6.45, 7) is -0.0814. The topological polar surface area (TPSA) is 112 Å². The number of β-amino-alcohol motifs (C(OH)–C–C–N with tert-alkyl or cyclic N) is 1. The average molecular weight is 507 g/mol. The molecule has 0 bridgehead atoms. The molecule has 2 aromatic heterocycles. The lowest BCUT2D eigenvalue weighted by Gasteiger charge is -2.35. The maximum atomic E-state index is 13.1. The Hall–Kier alpha value is -3.35. The Morgan fingerprint density at radius 2 is 1.80 bits per heavy atom. The second-order valence-electron chi connectivity index (χ2n) is 8.01. The average Bonchev–Trinajstić information content (AvgIpc) is 2.85. The number of rotatable bonds is 6. The summed E-state index contributed by atoms with van der Waals surface area (Å²) in [5.41, 5.74) is 0.798. The van der Waals surface area contributed by atoms with E-state index in [-0.39, 0.29) is 35.9 Å². The van der Waals surface area contributed by atoms with Gasteiger partial charge in [0, 0.05) is 25.5 Å². The first-order chi connectivity index (χ1) is 16.6. The summed E-state index contributed by atoms with van der Waals surface area (Å²) in [5, 5.41) is 13.4. The highest BCUT2D eigenvalue weighted by atomic mass is 32.2. The molecule has 4 rings (SSSR count). The van der Waals surface area contributed by atoms with Gasteiger partial charge in [0.15, 0.2) is 6.29 Å². The van der Waals surface area contributed by atoms with Crippen LogP contribution in [-0.2, 0) is 16.2 Å². The molecule has 3 heterocycles. The Morgan fingerprint density at radius 3 is 2.40 bits per heavy atom. The van der Waals surface area contributed by atoms with Gasteiger partial charge >= 0.3 is 6.18 Å². The van der Waals surface area contributed by atoms with Gasteiger partial charge in [-0.05, 0) is 53.9 Å². The minimum atomic E-state index is -4.50. The highest BCUT2D eigenvalue weighted by Gasteiger charge is 2.35. The van der Waals surface area contributed by atoms with Gasteiger partial charge in [-0.25, -0.2) is 13.4 Å². The van der Waals surface area contributed by atoms with Gasteiger partial charge in [0.25, 0.3) is 0 Å². The number of aliphatic hydroxyl groups is 1. The van der Waals surface area contributed by atoms with Crippen molar-refractivity contribution < 1.29 is 31.5 Å². The van der Waals surface area contributed by atoms with Crippen molar-refractivity contribution >= 4 is 22.1 Å². The fourth-order valence-electron chi connectivity index (χ4n) is 3.79. The maximum absolute atomic E-state index is 13.1. The molecule has 8 nitrogen and oxygen atoms in total. The number of alkyl halides is 3. The van der Waals surface area contributed by atoms with E-state index in [0.717, 1.165) is 6.07 Å². The van der Waals surface area contributed by atoms with Gasteiger partial charge in [0.2, 0.25) is 10.0 Å². The van der Waals surface area contributed by atoms with Gasteiger partial charge in [-0.1, -0.05) is 12.1 Å². The second kappa shape index (κ2) is 9.72. The molecule has 1 fully saturated rings. The third kappa shape index (κ3) is 5.50. The molecule has 0 radical (unpaired) electrons. The van der Waals surface area contributed by atoms with Crippen molar-refractivity contribution in [2.24, 2.45) is 0 Å². The second-order valence-corrected chi connectivity index (χ2v) is 9.95. The lowest BCUT2D eigenvalue weighted by atomic mass is 10.0. The van der Waals surface area contributed by atoms with E-state index < -0.39 is 33.9 Å². The summed E-state index contributed by atoms with van der Waals surface area (Å²) in [5.74, 6) is 0.155. The van der Waals surface area contributed by atoms with Crippen molar-refractivity contribution in [3.8, 4) is 11.1 Å². The van der Waals surface area contributed by atoms with Crippen molar-refractivity contribution in [3.63, 3.8) is 0 Å². The zero-order chi connectivity index (χ0) is 25.2. The normalized spacial score (nSPS) is 19.3. The number of nitrogens with zero attached hydrogens (tertiary/aromatic N) is 3. The first-order valence-electron chi connectivity index (χ1n) is 10.6. The van der Waals surface area contributed by atoms with Crippen molar-refractivity contribution in [2.75, 3.05) is 18.4 Å². The Morgan fingerprint density at radius 1 is 1.06 bits per heavy atom. The largest absolute Gasteiger partial charge is 0.417 e. The zero-order valence-corrected chi connectivity index (χ0v) is 19.0. The highest BCUT2D eigenvalue weighted by molar-refractivity contribution is 7.89.